The summed E-state index contributed by atoms with van der Waals surface area (Å²) in [5, 5.41) is 0. The number of carbonyl (C=O) groups is 1. The lowest BCUT2D eigenvalue weighted by molar-refractivity contribution is -0.127. The number of carbonyl (C=O) groups excluding carboxylic acids is 1. The van der Waals surface area contributed by atoms with E-state index in [1.54, 1.807) is 21.0 Å². The van der Waals surface area contributed by atoms with Gasteiger partial charge in [-0.15, -0.1) is 0 Å². The third kappa shape index (κ3) is 3.61. The van der Waals surface area contributed by atoms with Crippen LogP contribution in [-0.2, 0) is 14.8 Å². The maximum Gasteiger partial charge on any atom is 0.244 e. The topological polar surface area (TPSA) is 102 Å². The van der Waals surface area contributed by atoms with Crippen molar-refractivity contribution in [3.63, 3.8) is 0 Å². The number of methoxy groups -OCH3 is 1. The van der Waals surface area contributed by atoms with Gasteiger partial charge in [-0.05, 0) is 24.6 Å². The Hall–Kier alpha value is -1.80. The zero-order chi connectivity index (χ0) is 15.5. The molecule has 0 saturated heterocycles. The van der Waals surface area contributed by atoms with Crippen LogP contribution in [-0.4, -0.2) is 47.0 Å². The van der Waals surface area contributed by atoms with Crippen molar-refractivity contribution in [2.75, 3.05) is 33.5 Å². The third-order valence-electron chi connectivity index (χ3n) is 2.75. The highest BCUT2D eigenvalue weighted by Gasteiger charge is 2.22. The first-order chi connectivity index (χ1) is 9.19. The van der Waals surface area contributed by atoms with Crippen LogP contribution in [0.4, 0.5) is 5.69 Å². The zero-order valence-electron chi connectivity index (χ0n) is 11.9. The number of amides is 1. The maximum atomic E-state index is 12.2. The van der Waals surface area contributed by atoms with Gasteiger partial charge in [-0.25, -0.2) is 13.1 Å². The molecular formula is C12H19N3O4S. The fourth-order valence-electron chi connectivity index (χ4n) is 1.44. The highest BCUT2D eigenvalue weighted by atomic mass is 32.2. The van der Waals surface area contributed by atoms with Crippen molar-refractivity contribution in [3.05, 3.63) is 17.7 Å². The number of nitrogen functional groups attached to an aromatic ring is 1. The summed E-state index contributed by atoms with van der Waals surface area (Å²) in [5.41, 5.74) is 6.77. The van der Waals surface area contributed by atoms with Crippen LogP contribution in [0.25, 0.3) is 0 Å². The van der Waals surface area contributed by atoms with E-state index in [9.17, 15) is 13.2 Å². The summed E-state index contributed by atoms with van der Waals surface area (Å²) in [5.74, 6) is -0.172. The van der Waals surface area contributed by atoms with Crippen molar-refractivity contribution >= 4 is 21.6 Å². The Morgan fingerprint density at radius 2 is 2.00 bits per heavy atom. The normalized spacial score (nSPS) is 11.2. The summed E-state index contributed by atoms with van der Waals surface area (Å²) < 4.78 is 31.6. The van der Waals surface area contributed by atoms with Crippen molar-refractivity contribution in [2.45, 2.75) is 11.8 Å². The second-order valence-corrected chi connectivity index (χ2v) is 6.21. The van der Waals surface area contributed by atoms with Crippen LogP contribution in [0.3, 0.4) is 0 Å². The standard InChI is InChI=1S/C12H19N3O4S/c1-8-5-10(19-4)11(6-9(8)13)20(17,18)14-7-12(16)15(2)3/h5-6,14H,7,13H2,1-4H3. The number of hydrogen-bond donors (Lipinski definition) is 2. The number of rotatable bonds is 5. The van der Waals surface area contributed by atoms with Gasteiger partial charge < -0.3 is 15.4 Å². The predicted molar refractivity (Wildman–Crippen MR) is 76.0 cm³/mol. The van der Waals surface area contributed by atoms with E-state index in [-0.39, 0.29) is 23.1 Å². The summed E-state index contributed by atoms with van der Waals surface area (Å²) in [6.07, 6.45) is 0. The molecule has 0 heterocycles. The Morgan fingerprint density at radius 1 is 1.40 bits per heavy atom. The van der Waals surface area contributed by atoms with Crippen LogP contribution in [0.5, 0.6) is 5.75 Å². The second-order valence-electron chi connectivity index (χ2n) is 4.47. The monoisotopic (exact) mass is 301 g/mol. The summed E-state index contributed by atoms with van der Waals surface area (Å²) >= 11 is 0. The predicted octanol–water partition coefficient (Wildman–Crippen LogP) is -0.0477. The molecule has 0 bridgehead atoms. The SMILES string of the molecule is COc1cc(C)c(N)cc1S(=O)(=O)NCC(=O)N(C)C. The van der Waals surface area contributed by atoms with E-state index in [1.165, 1.54) is 24.1 Å². The molecule has 0 spiro atoms. The Kier molecular flexibility index (Phi) is 4.96. The Bertz CT molecular complexity index is 611. The summed E-state index contributed by atoms with van der Waals surface area (Å²) in [6, 6.07) is 2.86. The van der Waals surface area contributed by atoms with E-state index in [4.69, 9.17) is 10.5 Å². The van der Waals surface area contributed by atoms with Crippen LogP contribution in [0.2, 0.25) is 0 Å². The van der Waals surface area contributed by atoms with Gasteiger partial charge in [0, 0.05) is 19.8 Å². The molecule has 112 valence electrons. The van der Waals surface area contributed by atoms with Gasteiger partial charge in [-0.1, -0.05) is 0 Å². The van der Waals surface area contributed by atoms with Gasteiger partial charge in [0.1, 0.15) is 10.6 Å². The molecule has 0 aliphatic carbocycles. The summed E-state index contributed by atoms with van der Waals surface area (Å²) in [6.45, 7) is 1.42. The lowest BCUT2D eigenvalue weighted by Crippen LogP contribution is -2.36. The van der Waals surface area contributed by atoms with E-state index in [0.29, 0.717) is 11.3 Å². The molecule has 1 rings (SSSR count). The number of nitrogens with two attached hydrogens (primary N) is 1. The minimum Gasteiger partial charge on any atom is -0.495 e. The molecule has 0 aromatic heterocycles. The van der Waals surface area contributed by atoms with E-state index in [1.807, 2.05) is 0 Å². The third-order valence-corrected chi connectivity index (χ3v) is 4.18. The number of hydrogen-bond acceptors (Lipinski definition) is 5. The number of anilines is 1. The highest BCUT2D eigenvalue weighted by Crippen LogP contribution is 2.28. The summed E-state index contributed by atoms with van der Waals surface area (Å²) in [4.78, 5) is 12.6. The van der Waals surface area contributed by atoms with E-state index in [0.717, 1.165) is 0 Å². The van der Waals surface area contributed by atoms with Gasteiger partial charge >= 0.3 is 0 Å². The van der Waals surface area contributed by atoms with Crippen LogP contribution in [0.15, 0.2) is 17.0 Å². The number of sulfonamides is 1. The smallest absolute Gasteiger partial charge is 0.244 e. The molecule has 1 aromatic rings. The number of benzene rings is 1. The number of nitrogens with zero attached hydrogens (tertiary/aromatic N) is 1. The van der Waals surface area contributed by atoms with E-state index < -0.39 is 10.0 Å². The van der Waals surface area contributed by atoms with Gasteiger partial charge in [0.05, 0.1) is 13.7 Å². The molecule has 0 unspecified atom stereocenters. The fraction of sp³-hybridized carbons (Fsp3) is 0.417. The highest BCUT2D eigenvalue weighted by molar-refractivity contribution is 7.89. The van der Waals surface area contributed by atoms with Crippen molar-refractivity contribution in [1.29, 1.82) is 0 Å². The van der Waals surface area contributed by atoms with E-state index in [2.05, 4.69) is 4.72 Å². The van der Waals surface area contributed by atoms with Gasteiger partial charge in [0.15, 0.2) is 0 Å². The average molecular weight is 301 g/mol. The molecule has 0 fully saturated rings. The number of aryl methyl sites for hydroxylation is 1. The van der Waals surface area contributed by atoms with Crippen LogP contribution < -0.4 is 15.2 Å². The van der Waals surface area contributed by atoms with Gasteiger partial charge in [0.25, 0.3) is 0 Å². The largest absolute Gasteiger partial charge is 0.495 e. The molecule has 0 radical (unpaired) electrons. The van der Waals surface area contributed by atoms with Crippen molar-refractivity contribution < 1.29 is 17.9 Å². The average Bonchev–Trinajstić information content (AvgIpc) is 2.38. The molecular weight excluding hydrogens is 282 g/mol. The summed E-state index contributed by atoms with van der Waals surface area (Å²) in [7, 11) is 0.582. The minimum atomic E-state index is -3.87. The first-order valence-corrected chi connectivity index (χ1v) is 7.31. The molecule has 20 heavy (non-hydrogen) atoms. The van der Waals surface area contributed by atoms with Gasteiger partial charge in [-0.2, -0.15) is 0 Å². The van der Waals surface area contributed by atoms with Crippen LogP contribution in [0, 0.1) is 6.92 Å². The Labute approximate surface area is 118 Å². The molecule has 1 aromatic carbocycles. The molecule has 1 amide bonds. The zero-order valence-corrected chi connectivity index (χ0v) is 12.7. The van der Waals surface area contributed by atoms with Crippen LogP contribution in [0.1, 0.15) is 5.56 Å². The molecule has 0 aliphatic heterocycles. The first kappa shape index (κ1) is 16.3. The number of likely N-dealkylation sites (N-methyl/N-ethyl adjacent to an activating group) is 1. The number of ether oxygens (including phenoxy) is 1. The Balaban J connectivity index is 3.09. The molecule has 0 saturated carbocycles. The molecule has 8 heteroatoms. The Morgan fingerprint density at radius 3 is 2.50 bits per heavy atom. The molecule has 3 N–H and O–H groups in total. The molecule has 0 atom stereocenters. The first-order valence-electron chi connectivity index (χ1n) is 5.83. The van der Waals surface area contributed by atoms with Gasteiger partial charge in [0.2, 0.25) is 15.9 Å². The quantitative estimate of drug-likeness (QED) is 0.743. The molecule has 0 aliphatic rings. The van der Waals surface area contributed by atoms with Crippen molar-refractivity contribution in [2.24, 2.45) is 0 Å². The van der Waals surface area contributed by atoms with E-state index >= 15 is 0 Å². The molecule has 7 nitrogen and oxygen atoms in total. The maximum absolute atomic E-state index is 12.2. The lowest BCUT2D eigenvalue weighted by atomic mass is 10.2. The minimum absolute atomic E-state index is 0.0883. The fourth-order valence-corrected chi connectivity index (χ4v) is 2.60. The van der Waals surface area contributed by atoms with Crippen molar-refractivity contribution in [3.8, 4) is 5.75 Å². The number of nitrogens with one attached hydrogen (secondary N) is 1. The van der Waals surface area contributed by atoms with Crippen LogP contribution >= 0.6 is 0 Å². The lowest BCUT2D eigenvalue weighted by Gasteiger charge is -2.14. The van der Waals surface area contributed by atoms with Crippen molar-refractivity contribution in [1.82, 2.24) is 9.62 Å². The van der Waals surface area contributed by atoms with Gasteiger partial charge in [-0.3, -0.25) is 4.79 Å². The second kappa shape index (κ2) is 6.10.